The van der Waals surface area contributed by atoms with E-state index in [1.54, 1.807) is 24.4 Å². The predicted octanol–water partition coefficient (Wildman–Crippen LogP) is 3.13. The Morgan fingerprint density at radius 1 is 1.36 bits per heavy atom. The average molecular weight is 338 g/mol. The number of amides is 1. The molecule has 3 aromatic rings. The minimum absolute atomic E-state index is 0.0654. The van der Waals surface area contributed by atoms with Crippen molar-refractivity contribution in [1.29, 1.82) is 0 Å². The Morgan fingerprint density at radius 3 is 3.12 bits per heavy atom. The number of anilines is 1. The molecule has 0 radical (unpaired) electrons. The SMILES string of the molecule is O=C(CN1CCC(c2c[nH]c3ccc(F)cc23)C1)Nc1ccccn1. The second-order valence-electron chi connectivity index (χ2n) is 6.42. The largest absolute Gasteiger partial charge is 0.361 e. The third-order valence-electron chi connectivity index (χ3n) is 4.69. The van der Waals surface area contributed by atoms with E-state index in [1.807, 2.05) is 18.3 Å². The quantitative estimate of drug-likeness (QED) is 0.768. The number of hydrogen-bond acceptors (Lipinski definition) is 3. The molecule has 1 amide bonds. The molecule has 2 N–H and O–H groups in total. The second kappa shape index (κ2) is 6.64. The second-order valence-corrected chi connectivity index (χ2v) is 6.42. The van der Waals surface area contributed by atoms with Crippen LogP contribution in [0.25, 0.3) is 10.9 Å². The summed E-state index contributed by atoms with van der Waals surface area (Å²) in [6, 6.07) is 10.2. The summed E-state index contributed by atoms with van der Waals surface area (Å²) >= 11 is 0. The number of halogens is 1. The lowest BCUT2D eigenvalue weighted by Crippen LogP contribution is -2.31. The van der Waals surface area contributed by atoms with Gasteiger partial charge in [-0.1, -0.05) is 6.07 Å². The number of carbonyl (C=O) groups excluding carboxylic acids is 1. The summed E-state index contributed by atoms with van der Waals surface area (Å²) < 4.78 is 13.6. The van der Waals surface area contributed by atoms with Crippen molar-refractivity contribution in [2.45, 2.75) is 12.3 Å². The van der Waals surface area contributed by atoms with Crippen LogP contribution in [-0.4, -0.2) is 40.4 Å². The molecule has 6 heteroatoms. The van der Waals surface area contributed by atoms with Gasteiger partial charge in [-0.2, -0.15) is 0 Å². The van der Waals surface area contributed by atoms with E-state index in [1.165, 1.54) is 6.07 Å². The van der Waals surface area contributed by atoms with Crippen LogP contribution in [0.1, 0.15) is 17.9 Å². The molecule has 5 nitrogen and oxygen atoms in total. The molecule has 3 heterocycles. The topological polar surface area (TPSA) is 61.0 Å². The van der Waals surface area contributed by atoms with Gasteiger partial charge in [0.25, 0.3) is 0 Å². The van der Waals surface area contributed by atoms with E-state index >= 15 is 0 Å². The van der Waals surface area contributed by atoms with Crippen LogP contribution in [0.4, 0.5) is 10.2 Å². The highest BCUT2D eigenvalue weighted by Crippen LogP contribution is 2.32. The van der Waals surface area contributed by atoms with Gasteiger partial charge in [-0.15, -0.1) is 0 Å². The number of aromatic amines is 1. The third kappa shape index (κ3) is 3.39. The Kier molecular flexibility index (Phi) is 4.19. The number of hydrogen-bond donors (Lipinski definition) is 2. The monoisotopic (exact) mass is 338 g/mol. The molecule has 0 saturated carbocycles. The van der Waals surface area contributed by atoms with Crippen molar-refractivity contribution in [2.24, 2.45) is 0 Å². The van der Waals surface area contributed by atoms with E-state index in [-0.39, 0.29) is 11.7 Å². The zero-order chi connectivity index (χ0) is 17.2. The highest BCUT2D eigenvalue weighted by Gasteiger charge is 2.27. The van der Waals surface area contributed by atoms with Crippen molar-refractivity contribution >= 4 is 22.6 Å². The Morgan fingerprint density at radius 2 is 2.28 bits per heavy atom. The molecule has 0 spiro atoms. The third-order valence-corrected chi connectivity index (χ3v) is 4.69. The lowest BCUT2D eigenvalue weighted by molar-refractivity contribution is -0.117. The first-order chi connectivity index (χ1) is 12.2. The average Bonchev–Trinajstić information content (AvgIpc) is 3.22. The number of nitrogens with one attached hydrogen (secondary N) is 2. The predicted molar refractivity (Wildman–Crippen MR) is 94.9 cm³/mol. The maximum Gasteiger partial charge on any atom is 0.239 e. The van der Waals surface area contributed by atoms with Gasteiger partial charge in [0.05, 0.1) is 6.54 Å². The van der Waals surface area contributed by atoms with E-state index in [4.69, 9.17) is 0 Å². The molecule has 1 aliphatic rings. The number of aromatic nitrogens is 2. The lowest BCUT2D eigenvalue weighted by Gasteiger charge is -2.15. The first-order valence-corrected chi connectivity index (χ1v) is 8.39. The fraction of sp³-hybridized carbons (Fsp3) is 0.263. The number of nitrogens with zero attached hydrogens (tertiary/aromatic N) is 2. The lowest BCUT2D eigenvalue weighted by atomic mass is 9.98. The summed E-state index contributed by atoms with van der Waals surface area (Å²) in [6.07, 6.45) is 4.57. The smallest absolute Gasteiger partial charge is 0.239 e. The van der Waals surface area contributed by atoms with E-state index < -0.39 is 0 Å². The number of H-pyrrole nitrogens is 1. The van der Waals surface area contributed by atoms with Crippen molar-refractivity contribution in [3.8, 4) is 0 Å². The van der Waals surface area contributed by atoms with Gasteiger partial charge in [-0.05, 0) is 54.8 Å². The van der Waals surface area contributed by atoms with Crippen molar-refractivity contribution in [2.75, 3.05) is 25.0 Å². The van der Waals surface area contributed by atoms with Crippen LogP contribution in [0.2, 0.25) is 0 Å². The van der Waals surface area contributed by atoms with Crippen molar-refractivity contribution in [1.82, 2.24) is 14.9 Å². The Bertz CT molecular complexity index is 893. The molecule has 1 atom stereocenters. The summed E-state index contributed by atoms with van der Waals surface area (Å²) in [5.74, 6) is 0.579. The fourth-order valence-electron chi connectivity index (χ4n) is 3.50. The maximum atomic E-state index is 13.6. The van der Waals surface area contributed by atoms with Crippen LogP contribution in [0.15, 0.2) is 48.8 Å². The van der Waals surface area contributed by atoms with Crippen LogP contribution in [0.5, 0.6) is 0 Å². The van der Waals surface area contributed by atoms with Gasteiger partial charge in [0.2, 0.25) is 5.91 Å². The number of fused-ring (bicyclic) bond motifs is 1. The highest BCUT2D eigenvalue weighted by atomic mass is 19.1. The molecule has 4 rings (SSSR count). The molecule has 1 unspecified atom stereocenters. The zero-order valence-electron chi connectivity index (χ0n) is 13.7. The van der Waals surface area contributed by atoms with Gasteiger partial charge >= 0.3 is 0 Å². The van der Waals surface area contributed by atoms with Crippen molar-refractivity contribution in [3.05, 3.63) is 60.2 Å². The number of likely N-dealkylation sites (tertiary alicyclic amines) is 1. The molecular formula is C19H19FN4O. The van der Waals surface area contributed by atoms with Crippen LogP contribution < -0.4 is 5.32 Å². The van der Waals surface area contributed by atoms with Crippen LogP contribution >= 0.6 is 0 Å². The van der Waals surface area contributed by atoms with Gasteiger partial charge < -0.3 is 10.3 Å². The Labute approximate surface area is 144 Å². The normalized spacial score (nSPS) is 17.9. The number of pyridine rings is 1. The van der Waals surface area contributed by atoms with Gasteiger partial charge in [0, 0.05) is 29.8 Å². The van der Waals surface area contributed by atoms with Crippen molar-refractivity contribution < 1.29 is 9.18 Å². The van der Waals surface area contributed by atoms with Gasteiger partial charge in [-0.3, -0.25) is 9.69 Å². The molecule has 1 aliphatic heterocycles. The molecule has 128 valence electrons. The van der Waals surface area contributed by atoms with Crippen LogP contribution in [0.3, 0.4) is 0 Å². The summed E-state index contributed by atoms with van der Waals surface area (Å²) in [7, 11) is 0. The van der Waals surface area contributed by atoms with Gasteiger partial charge in [0.15, 0.2) is 0 Å². The van der Waals surface area contributed by atoms with E-state index in [0.717, 1.165) is 36.0 Å². The number of rotatable bonds is 4. The first kappa shape index (κ1) is 15.8. The minimum Gasteiger partial charge on any atom is -0.361 e. The molecule has 0 aliphatic carbocycles. The molecular weight excluding hydrogens is 319 g/mol. The molecule has 1 saturated heterocycles. The molecule has 25 heavy (non-hydrogen) atoms. The standard InChI is InChI=1S/C19H19FN4O/c20-14-4-5-17-15(9-14)16(10-22-17)13-6-8-24(11-13)12-19(25)23-18-3-1-2-7-21-18/h1-5,7,9-10,13,22H,6,8,11-12H2,(H,21,23,25). The molecule has 0 bridgehead atoms. The first-order valence-electron chi connectivity index (χ1n) is 8.39. The summed E-state index contributed by atoms with van der Waals surface area (Å²) in [6.45, 7) is 1.98. The molecule has 1 fully saturated rings. The molecule has 2 aromatic heterocycles. The zero-order valence-corrected chi connectivity index (χ0v) is 13.7. The van der Waals surface area contributed by atoms with Crippen molar-refractivity contribution in [3.63, 3.8) is 0 Å². The minimum atomic E-state index is -0.224. The maximum absolute atomic E-state index is 13.6. The van der Waals surface area contributed by atoms with Crippen LogP contribution in [-0.2, 0) is 4.79 Å². The summed E-state index contributed by atoms with van der Waals surface area (Å²) in [5, 5.41) is 3.74. The Hall–Kier alpha value is -2.73. The van der Waals surface area contributed by atoms with E-state index in [0.29, 0.717) is 18.3 Å². The van der Waals surface area contributed by atoms with Crippen LogP contribution in [0, 0.1) is 5.82 Å². The highest BCUT2D eigenvalue weighted by molar-refractivity contribution is 5.91. The van der Waals surface area contributed by atoms with E-state index in [9.17, 15) is 9.18 Å². The Balaban J connectivity index is 1.41. The summed E-state index contributed by atoms with van der Waals surface area (Å²) in [5.41, 5.74) is 2.07. The molecule has 1 aromatic carbocycles. The number of carbonyl (C=O) groups is 1. The fourth-order valence-corrected chi connectivity index (χ4v) is 3.50. The van der Waals surface area contributed by atoms with E-state index in [2.05, 4.69) is 20.2 Å². The summed E-state index contributed by atoms with van der Waals surface area (Å²) in [4.78, 5) is 21.6. The van der Waals surface area contributed by atoms with Gasteiger partial charge in [0.1, 0.15) is 11.6 Å². The van der Waals surface area contributed by atoms with Gasteiger partial charge in [-0.25, -0.2) is 9.37 Å². The number of benzene rings is 1.